The van der Waals surface area contributed by atoms with Crippen LogP contribution in [0.15, 0.2) is 53.1 Å². The fourth-order valence-corrected chi connectivity index (χ4v) is 3.94. The molecule has 0 aliphatic carbocycles. The zero-order valence-corrected chi connectivity index (χ0v) is 20.9. The molecule has 2 aromatic carbocycles. The first-order chi connectivity index (χ1) is 17.3. The van der Waals surface area contributed by atoms with E-state index in [9.17, 15) is 9.59 Å². The van der Waals surface area contributed by atoms with Crippen LogP contribution in [-0.4, -0.2) is 58.4 Å². The van der Waals surface area contributed by atoms with E-state index in [0.717, 1.165) is 30.4 Å². The lowest BCUT2D eigenvalue weighted by molar-refractivity contribution is -0.119. The quantitative estimate of drug-likeness (QED) is 0.337. The van der Waals surface area contributed by atoms with E-state index in [1.165, 1.54) is 0 Å². The summed E-state index contributed by atoms with van der Waals surface area (Å²) in [6.45, 7) is 7.40. The molecule has 1 aliphatic rings. The average molecular weight is 489 g/mol. The van der Waals surface area contributed by atoms with Crippen LogP contribution in [0, 0.1) is 10.8 Å². The molecule has 4 rings (SSSR count). The van der Waals surface area contributed by atoms with Crippen LogP contribution in [0.4, 0.5) is 0 Å². The maximum Gasteiger partial charge on any atom is 0.251 e. The molecule has 1 aliphatic heterocycles. The minimum Gasteiger partial charge on any atom is -0.352 e. The minimum absolute atomic E-state index is 0.00639. The van der Waals surface area contributed by atoms with Crippen molar-refractivity contribution in [3.8, 4) is 11.4 Å². The van der Waals surface area contributed by atoms with E-state index in [-0.39, 0.29) is 11.8 Å². The van der Waals surface area contributed by atoms with Gasteiger partial charge in [0.2, 0.25) is 18.1 Å². The smallest absolute Gasteiger partial charge is 0.251 e. The van der Waals surface area contributed by atoms with E-state index in [4.69, 9.17) is 15.3 Å². The Morgan fingerprint density at radius 2 is 1.75 bits per heavy atom. The van der Waals surface area contributed by atoms with Gasteiger partial charge < -0.3 is 25.6 Å². The first-order valence-corrected chi connectivity index (χ1v) is 12.0. The first-order valence-electron chi connectivity index (χ1n) is 12.0. The van der Waals surface area contributed by atoms with Crippen LogP contribution in [0.2, 0.25) is 0 Å². The van der Waals surface area contributed by atoms with E-state index in [1.807, 2.05) is 43.3 Å². The van der Waals surface area contributed by atoms with Gasteiger partial charge in [0.05, 0.1) is 0 Å². The Kier molecular flexibility index (Phi) is 9.21. The molecule has 2 amide bonds. The van der Waals surface area contributed by atoms with Gasteiger partial charge in [-0.2, -0.15) is 4.98 Å². The molecular formula is C27H32N6O3. The molecule has 0 unspecified atom stereocenters. The number of nitrogens with zero attached hydrogens (tertiary/aromatic N) is 3. The number of piperidine rings is 1. The molecule has 0 radical (unpaired) electrons. The molecule has 3 N–H and O–H groups in total. The second kappa shape index (κ2) is 12.5. The summed E-state index contributed by atoms with van der Waals surface area (Å²) in [6, 6.07) is 14.7. The largest absolute Gasteiger partial charge is 0.352 e. The Labute approximate surface area is 210 Å². The standard InChI is InChI=1S/C18H21N5O2.C9H11NO/c1-11(19)15-4-3-14(9-16(15)12(2)20)17-21-18(25-22-17)13-5-7-23(10-24)8-6-13;1-2-10-9(11)8-6-4-3-5-7-8/h3-4,9-10,13,19-20H,5-8H2,1-2H3;3-7H,2H2,1H3,(H,10,11). The fraction of sp³-hybridized carbons (Fsp3) is 0.333. The molecule has 0 spiro atoms. The maximum atomic E-state index is 11.1. The van der Waals surface area contributed by atoms with E-state index in [1.54, 1.807) is 30.9 Å². The predicted molar refractivity (Wildman–Crippen MR) is 139 cm³/mol. The van der Waals surface area contributed by atoms with Crippen LogP contribution in [0.25, 0.3) is 11.4 Å². The summed E-state index contributed by atoms with van der Waals surface area (Å²) >= 11 is 0. The van der Waals surface area contributed by atoms with Gasteiger partial charge in [-0.15, -0.1) is 0 Å². The second-order valence-electron chi connectivity index (χ2n) is 8.61. The zero-order chi connectivity index (χ0) is 26.1. The van der Waals surface area contributed by atoms with E-state index >= 15 is 0 Å². The van der Waals surface area contributed by atoms with Crippen molar-refractivity contribution in [3.63, 3.8) is 0 Å². The lowest BCUT2D eigenvalue weighted by Gasteiger charge is -2.26. The van der Waals surface area contributed by atoms with Gasteiger partial charge in [-0.3, -0.25) is 9.59 Å². The van der Waals surface area contributed by atoms with Gasteiger partial charge in [-0.1, -0.05) is 35.5 Å². The number of nitrogens with one attached hydrogen (secondary N) is 3. The summed E-state index contributed by atoms with van der Waals surface area (Å²) < 4.78 is 5.44. The Bertz CT molecular complexity index is 1210. The Morgan fingerprint density at radius 3 is 2.33 bits per heavy atom. The number of benzene rings is 2. The SMILES string of the molecule is CC(=N)c1ccc(-c2noc(C3CCN(C=O)CC3)n2)cc1C(C)=N.CCNC(=O)c1ccccc1. The monoisotopic (exact) mass is 488 g/mol. The van der Waals surface area contributed by atoms with Gasteiger partial charge in [-0.25, -0.2) is 0 Å². The highest BCUT2D eigenvalue weighted by Gasteiger charge is 2.25. The van der Waals surface area contributed by atoms with Gasteiger partial charge in [0.25, 0.3) is 5.91 Å². The van der Waals surface area contributed by atoms with Crippen LogP contribution in [0.3, 0.4) is 0 Å². The molecule has 0 bridgehead atoms. The number of likely N-dealkylation sites (tertiary alicyclic amines) is 1. The van der Waals surface area contributed by atoms with Crippen molar-refractivity contribution in [1.82, 2.24) is 20.4 Å². The summed E-state index contributed by atoms with van der Waals surface area (Å²) in [5.74, 6) is 1.25. The molecule has 1 fully saturated rings. The number of hydrogen-bond donors (Lipinski definition) is 3. The summed E-state index contributed by atoms with van der Waals surface area (Å²) in [4.78, 5) is 28.2. The third-order valence-electron chi connectivity index (χ3n) is 5.93. The van der Waals surface area contributed by atoms with Crippen molar-refractivity contribution in [2.45, 2.75) is 39.5 Å². The second-order valence-corrected chi connectivity index (χ2v) is 8.61. The third kappa shape index (κ3) is 6.71. The van der Waals surface area contributed by atoms with E-state index in [2.05, 4.69) is 15.5 Å². The number of rotatable bonds is 7. The molecule has 1 aromatic heterocycles. The molecule has 9 nitrogen and oxygen atoms in total. The number of aromatic nitrogens is 2. The van der Waals surface area contributed by atoms with Crippen molar-refractivity contribution in [1.29, 1.82) is 10.8 Å². The average Bonchev–Trinajstić information content (AvgIpc) is 3.40. The van der Waals surface area contributed by atoms with E-state index in [0.29, 0.717) is 53.9 Å². The highest BCUT2D eigenvalue weighted by molar-refractivity contribution is 6.09. The first kappa shape index (κ1) is 26.5. The molecule has 9 heteroatoms. The Balaban J connectivity index is 0.000000275. The minimum atomic E-state index is -0.00639. The summed E-state index contributed by atoms with van der Waals surface area (Å²) in [6.07, 6.45) is 2.51. The van der Waals surface area contributed by atoms with Gasteiger partial charge in [0.1, 0.15) is 0 Å². The lowest BCUT2D eigenvalue weighted by Crippen LogP contribution is -2.31. The van der Waals surface area contributed by atoms with Crippen molar-refractivity contribution < 1.29 is 14.1 Å². The molecule has 0 saturated carbocycles. The topological polar surface area (TPSA) is 136 Å². The summed E-state index contributed by atoms with van der Waals surface area (Å²) in [5, 5.41) is 22.6. The van der Waals surface area contributed by atoms with Gasteiger partial charge in [0, 0.05) is 59.2 Å². The number of amides is 2. The van der Waals surface area contributed by atoms with Gasteiger partial charge in [0.15, 0.2) is 0 Å². The molecule has 36 heavy (non-hydrogen) atoms. The van der Waals surface area contributed by atoms with Crippen LogP contribution < -0.4 is 5.32 Å². The number of hydrogen-bond acceptors (Lipinski definition) is 7. The molecule has 2 heterocycles. The van der Waals surface area contributed by atoms with Crippen molar-refractivity contribution in [2.75, 3.05) is 19.6 Å². The highest BCUT2D eigenvalue weighted by Crippen LogP contribution is 2.28. The van der Waals surface area contributed by atoms with Crippen molar-refractivity contribution in [2.24, 2.45) is 0 Å². The fourth-order valence-electron chi connectivity index (χ4n) is 3.94. The Morgan fingerprint density at radius 1 is 1.08 bits per heavy atom. The normalized spacial score (nSPS) is 13.4. The molecule has 3 aromatic rings. The van der Waals surface area contributed by atoms with Crippen LogP contribution in [-0.2, 0) is 4.79 Å². The number of carbonyl (C=O) groups is 2. The summed E-state index contributed by atoms with van der Waals surface area (Å²) in [5.41, 5.74) is 3.75. The maximum absolute atomic E-state index is 11.1. The molecule has 1 saturated heterocycles. The Hall–Kier alpha value is -4.14. The third-order valence-corrected chi connectivity index (χ3v) is 5.93. The predicted octanol–water partition coefficient (Wildman–Crippen LogP) is 4.28. The number of carbonyl (C=O) groups excluding carboxylic acids is 2. The molecule has 0 atom stereocenters. The highest BCUT2D eigenvalue weighted by atomic mass is 16.5. The van der Waals surface area contributed by atoms with Crippen molar-refractivity contribution in [3.05, 3.63) is 71.1 Å². The van der Waals surface area contributed by atoms with Gasteiger partial charge in [-0.05, 0) is 51.8 Å². The van der Waals surface area contributed by atoms with Crippen molar-refractivity contribution >= 4 is 23.7 Å². The molecule has 188 valence electrons. The van der Waals surface area contributed by atoms with Crippen LogP contribution >= 0.6 is 0 Å². The zero-order valence-electron chi connectivity index (χ0n) is 20.9. The van der Waals surface area contributed by atoms with Crippen LogP contribution in [0.5, 0.6) is 0 Å². The van der Waals surface area contributed by atoms with E-state index < -0.39 is 0 Å². The van der Waals surface area contributed by atoms with Gasteiger partial charge >= 0.3 is 0 Å². The lowest BCUT2D eigenvalue weighted by atomic mass is 9.96. The summed E-state index contributed by atoms with van der Waals surface area (Å²) in [7, 11) is 0. The van der Waals surface area contributed by atoms with Crippen LogP contribution in [0.1, 0.15) is 66.9 Å². The molecular weight excluding hydrogens is 456 g/mol.